The first-order valence-corrected chi connectivity index (χ1v) is 9.26. The van der Waals surface area contributed by atoms with Crippen molar-refractivity contribution in [3.63, 3.8) is 0 Å². The molecular formula is C20H22Cl2N2O3. The maximum atomic E-state index is 12.0. The minimum Gasteiger partial charge on any atom is -0.492 e. The molecule has 0 radical (unpaired) electrons. The molecule has 0 saturated heterocycles. The number of rotatable bonds is 9. The van der Waals surface area contributed by atoms with Crippen LogP contribution in [0.1, 0.15) is 23.2 Å². The number of carbonyl (C=O) groups excluding carboxylic acids is 2. The molecule has 0 saturated carbocycles. The number of nitrogens with zero attached hydrogens (tertiary/aromatic N) is 1. The highest BCUT2D eigenvalue weighted by molar-refractivity contribution is 6.35. The topological polar surface area (TPSA) is 58.6 Å². The van der Waals surface area contributed by atoms with Crippen molar-refractivity contribution in [2.24, 2.45) is 0 Å². The SMILES string of the molecule is CN(C)CC(=O)c1ccc(NC(=O)CCCOc2ccc(Cl)cc2Cl)cc1. The molecule has 27 heavy (non-hydrogen) atoms. The molecule has 144 valence electrons. The first-order valence-electron chi connectivity index (χ1n) is 8.51. The molecule has 0 spiro atoms. The van der Waals surface area contributed by atoms with E-state index in [9.17, 15) is 9.59 Å². The number of likely N-dealkylation sites (N-methyl/N-ethyl adjacent to an activating group) is 1. The molecule has 0 unspecified atom stereocenters. The quantitative estimate of drug-likeness (QED) is 0.488. The largest absolute Gasteiger partial charge is 0.492 e. The number of benzene rings is 2. The van der Waals surface area contributed by atoms with E-state index in [4.69, 9.17) is 27.9 Å². The summed E-state index contributed by atoms with van der Waals surface area (Å²) in [5.41, 5.74) is 1.28. The number of ether oxygens (including phenoxy) is 1. The van der Waals surface area contributed by atoms with Crippen LogP contribution in [0.15, 0.2) is 42.5 Å². The molecule has 2 aromatic rings. The Kier molecular flexibility index (Phi) is 8.10. The van der Waals surface area contributed by atoms with Crippen LogP contribution in [0.5, 0.6) is 5.75 Å². The van der Waals surface area contributed by atoms with E-state index < -0.39 is 0 Å². The van der Waals surface area contributed by atoms with Crippen LogP contribution in [-0.2, 0) is 4.79 Å². The Morgan fingerprint density at radius 3 is 2.41 bits per heavy atom. The predicted octanol–water partition coefficient (Wildman–Crippen LogP) is 4.54. The summed E-state index contributed by atoms with van der Waals surface area (Å²) in [5.74, 6) is 0.462. The lowest BCUT2D eigenvalue weighted by atomic mass is 10.1. The predicted molar refractivity (Wildman–Crippen MR) is 109 cm³/mol. The molecule has 0 bridgehead atoms. The number of amides is 1. The van der Waals surface area contributed by atoms with Crippen LogP contribution in [0.25, 0.3) is 0 Å². The number of Topliss-reactive ketones (excluding diaryl/α,β-unsaturated/α-hetero) is 1. The van der Waals surface area contributed by atoms with Crippen molar-refractivity contribution in [1.29, 1.82) is 0 Å². The van der Waals surface area contributed by atoms with Gasteiger partial charge in [0, 0.05) is 22.7 Å². The number of ketones is 1. The van der Waals surface area contributed by atoms with Crippen LogP contribution < -0.4 is 10.1 Å². The molecule has 0 aliphatic rings. The van der Waals surface area contributed by atoms with Crippen LogP contribution in [0.2, 0.25) is 10.0 Å². The molecular weight excluding hydrogens is 387 g/mol. The van der Waals surface area contributed by atoms with Gasteiger partial charge in [0.1, 0.15) is 5.75 Å². The van der Waals surface area contributed by atoms with Gasteiger partial charge in [0.2, 0.25) is 5.91 Å². The van der Waals surface area contributed by atoms with E-state index in [0.29, 0.717) is 53.0 Å². The van der Waals surface area contributed by atoms with Crippen LogP contribution in [0.3, 0.4) is 0 Å². The van der Waals surface area contributed by atoms with Crippen LogP contribution >= 0.6 is 23.2 Å². The Hall–Kier alpha value is -2.08. The molecule has 2 aromatic carbocycles. The van der Waals surface area contributed by atoms with Crippen LogP contribution in [-0.4, -0.2) is 43.8 Å². The van der Waals surface area contributed by atoms with Gasteiger partial charge >= 0.3 is 0 Å². The van der Waals surface area contributed by atoms with Crippen molar-refractivity contribution in [1.82, 2.24) is 4.90 Å². The van der Waals surface area contributed by atoms with E-state index >= 15 is 0 Å². The lowest BCUT2D eigenvalue weighted by molar-refractivity contribution is -0.116. The summed E-state index contributed by atoms with van der Waals surface area (Å²) < 4.78 is 5.55. The number of carbonyl (C=O) groups is 2. The van der Waals surface area contributed by atoms with Gasteiger partial charge in [0.15, 0.2) is 5.78 Å². The van der Waals surface area contributed by atoms with Crippen molar-refractivity contribution in [2.45, 2.75) is 12.8 Å². The summed E-state index contributed by atoms with van der Waals surface area (Å²) in [6, 6.07) is 11.9. The van der Waals surface area contributed by atoms with Crippen LogP contribution in [0, 0.1) is 0 Å². The summed E-state index contributed by atoms with van der Waals surface area (Å²) in [4.78, 5) is 25.8. The van der Waals surface area contributed by atoms with E-state index in [0.717, 1.165) is 0 Å². The van der Waals surface area contributed by atoms with Gasteiger partial charge < -0.3 is 15.0 Å². The summed E-state index contributed by atoms with van der Waals surface area (Å²) in [5, 5.41) is 3.79. The lowest BCUT2D eigenvalue weighted by Crippen LogP contribution is -2.21. The van der Waals surface area contributed by atoms with E-state index in [2.05, 4.69) is 5.32 Å². The van der Waals surface area contributed by atoms with Gasteiger partial charge in [-0.25, -0.2) is 0 Å². The number of nitrogens with one attached hydrogen (secondary N) is 1. The number of hydrogen-bond donors (Lipinski definition) is 1. The van der Waals surface area contributed by atoms with Gasteiger partial charge in [-0.15, -0.1) is 0 Å². The minimum absolute atomic E-state index is 0.0379. The molecule has 0 aliphatic heterocycles. The molecule has 1 amide bonds. The zero-order valence-electron chi connectivity index (χ0n) is 15.3. The fourth-order valence-electron chi connectivity index (χ4n) is 2.35. The third-order valence-electron chi connectivity index (χ3n) is 3.65. The van der Waals surface area contributed by atoms with Gasteiger partial charge in [-0.2, -0.15) is 0 Å². The Balaban J connectivity index is 1.74. The maximum Gasteiger partial charge on any atom is 0.224 e. The normalized spacial score (nSPS) is 10.7. The second-order valence-electron chi connectivity index (χ2n) is 6.31. The van der Waals surface area contributed by atoms with Gasteiger partial charge in [-0.05, 0) is 63.0 Å². The Labute approximate surface area is 169 Å². The number of anilines is 1. The Morgan fingerprint density at radius 1 is 1.07 bits per heavy atom. The van der Waals surface area contributed by atoms with Gasteiger partial charge in [-0.1, -0.05) is 23.2 Å². The average Bonchev–Trinajstić information content (AvgIpc) is 2.60. The molecule has 0 heterocycles. The summed E-state index contributed by atoms with van der Waals surface area (Å²) >= 11 is 11.9. The highest BCUT2D eigenvalue weighted by Gasteiger charge is 2.08. The van der Waals surface area contributed by atoms with Gasteiger partial charge in [0.25, 0.3) is 0 Å². The second-order valence-corrected chi connectivity index (χ2v) is 7.16. The van der Waals surface area contributed by atoms with Crippen molar-refractivity contribution in [3.05, 3.63) is 58.1 Å². The van der Waals surface area contributed by atoms with Gasteiger partial charge in [-0.3, -0.25) is 9.59 Å². The maximum absolute atomic E-state index is 12.0. The monoisotopic (exact) mass is 408 g/mol. The first-order chi connectivity index (χ1) is 12.8. The zero-order valence-corrected chi connectivity index (χ0v) is 16.8. The summed E-state index contributed by atoms with van der Waals surface area (Å²) in [7, 11) is 3.69. The van der Waals surface area contributed by atoms with Crippen molar-refractivity contribution >= 4 is 40.6 Å². The Morgan fingerprint density at radius 2 is 1.78 bits per heavy atom. The highest BCUT2D eigenvalue weighted by atomic mass is 35.5. The highest BCUT2D eigenvalue weighted by Crippen LogP contribution is 2.27. The summed E-state index contributed by atoms with van der Waals surface area (Å²) in [6.45, 7) is 0.718. The van der Waals surface area contributed by atoms with Crippen molar-refractivity contribution in [3.8, 4) is 5.75 Å². The smallest absolute Gasteiger partial charge is 0.224 e. The molecule has 7 heteroatoms. The van der Waals surface area contributed by atoms with E-state index in [1.807, 2.05) is 19.0 Å². The average molecular weight is 409 g/mol. The zero-order chi connectivity index (χ0) is 19.8. The second kappa shape index (κ2) is 10.3. The van der Waals surface area contributed by atoms with Crippen molar-refractivity contribution in [2.75, 3.05) is 32.6 Å². The van der Waals surface area contributed by atoms with E-state index in [1.54, 1.807) is 42.5 Å². The molecule has 2 rings (SSSR count). The molecule has 1 N–H and O–H groups in total. The molecule has 5 nitrogen and oxygen atoms in total. The third kappa shape index (κ3) is 7.21. The molecule has 0 fully saturated rings. The first kappa shape index (κ1) is 21.2. The standard InChI is InChI=1S/C20H22Cl2N2O3/c1-24(2)13-18(25)14-5-8-16(9-6-14)23-20(26)4-3-11-27-19-10-7-15(21)12-17(19)22/h5-10,12H,3-4,11,13H2,1-2H3,(H,23,26). The molecule has 0 atom stereocenters. The van der Waals surface area contributed by atoms with E-state index in [-0.39, 0.29) is 11.7 Å². The van der Waals surface area contributed by atoms with Crippen LogP contribution in [0.4, 0.5) is 5.69 Å². The lowest BCUT2D eigenvalue weighted by Gasteiger charge is -2.10. The number of hydrogen-bond acceptors (Lipinski definition) is 4. The fraction of sp³-hybridized carbons (Fsp3) is 0.300. The fourth-order valence-corrected chi connectivity index (χ4v) is 2.81. The molecule has 0 aliphatic carbocycles. The number of halogens is 2. The molecule has 0 aromatic heterocycles. The van der Waals surface area contributed by atoms with E-state index in [1.165, 1.54) is 0 Å². The minimum atomic E-state index is -0.117. The summed E-state index contributed by atoms with van der Waals surface area (Å²) in [6.07, 6.45) is 0.858. The van der Waals surface area contributed by atoms with Crippen molar-refractivity contribution < 1.29 is 14.3 Å². The third-order valence-corrected chi connectivity index (χ3v) is 4.18. The Bertz CT molecular complexity index is 792. The van der Waals surface area contributed by atoms with Gasteiger partial charge in [0.05, 0.1) is 18.2 Å².